The number of nitrogens with one attached hydrogen (secondary N) is 1. The van der Waals surface area contributed by atoms with Crippen LogP contribution in [0.15, 0.2) is 18.2 Å². The molecule has 1 aromatic carbocycles. The maximum atomic E-state index is 11.4. The van der Waals surface area contributed by atoms with Crippen molar-refractivity contribution in [3.63, 3.8) is 0 Å². The van der Waals surface area contributed by atoms with Crippen molar-refractivity contribution in [2.24, 2.45) is 0 Å². The van der Waals surface area contributed by atoms with Crippen LogP contribution in [-0.2, 0) is 4.79 Å². The van der Waals surface area contributed by atoms with E-state index in [-0.39, 0.29) is 16.5 Å². The lowest BCUT2D eigenvalue weighted by atomic mass is 10.2. The van der Waals surface area contributed by atoms with Crippen molar-refractivity contribution in [3.05, 3.63) is 28.3 Å². The predicted molar refractivity (Wildman–Crippen MR) is 81.7 cm³/mol. The molecule has 1 fully saturated rings. The van der Waals surface area contributed by atoms with Crippen LogP contribution in [-0.4, -0.2) is 48.5 Å². The molecular formula is C14H20N4O3. The van der Waals surface area contributed by atoms with Gasteiger partial charge in [0.15, 0.2) is 0 Å². The largest absolute Gasteiger partial charge is 0.380 e. The molecule has 0 saturated carbocycles. The van der Waals surface area contributed by atoms with Crippen LogP contribution in [0, 0.1) is 10.1 Å². The molecule has 1 amide bonds. The first-order valence-corrected chi connectivity index (χ1v) is 7.06. The highest BCUT2D eigenvalue weighted by Gasteiger charge is 2.26. The average Bonchev–Trinajstić information content (AvgIpc) is 2.47. The van der Waals surface area contributed by atoms with Gasteiger partial charge in [0, 0.05) is 39.6 Å². The smallest absolute Gasteiger partial charge is 0.315 e. The van der Waals surface area contributed by atoms with Gasteiger partial charge in [0.1, 0.15) is 11.4 Å². The molecule has 114 valence electrons. The first-order chi connectivity index (χ1) is 10.0. The molecule has 0 atom stereocenters. The SMILES string of the molecule is CCNc1cccc(N2CCN(C(C)=O)CC2)c1[N+](=O)[O-]. The standard InChI is InChI=1S/C14H20N4O3/c1-3-15-12-5-4-6-13(14(12)18(20)21)17-9-7-16(8-10-17)11(2)19/h4-6,15H,3,7-10H2,1-2H3. The van der Waals surface area contributed by atoms with E-state index in [9.17, 15) is 14.9 Å². The lowest BCUT2D eigenvalue weighted by molar-refractivity contribution is -0.383. The van der Waals surface area contributed by atoms with Gasteiger partial charge in [0.25, 0.3) is 0 Å². The molecule has 7 nitrogen and oxygen atoms in total. The predicted octanol–water partition coefficient (Wildman–Crippen LogP) is 1.70. The molecule has 1 aliphatic rings. The number of hydrogen-bond acceptors (Lipinski definition) is 5. The molecule has 1 aromatic rings. The molecule has 0 aromatic heterocycles. The van der Waals surface area contributed by atoms with Crippen LogP contribution in [0.4, 0.5) is 17.1 Å². The fourth-order valence-corrected chi connectivity index (χ4v) is 2.57. The highest BCUT2D eigenvalue weighted by Crippen LogP contribution is 2.35. The zero-order valence-corrected chi connectivity index (χ0v) is 12.3. The second-order valence-corrected chi connectivity index (χ2v) is 4.95. The summed E-state index contributed by atoms with van der Waals surface area (Å²) in [5.74, 6) is 0.0468. The number of para-hydroxylation sites is 1. The lowest BCUT2D eigenvalue weighted by Gasteiger charge is -2.35. The van der Waals surface area contributed by atoms with Crippen LogP contribution in [0.1, 0.15) is 13.8 Å². The van der Waals surface area contributed by atoms with Gasteiger partial charge in [-0.2, -0.15) is 0 Å². The maximum absolute atomic E-state index is 11.4. The van der Waals surface area contributed by atoms with Gasteiger partial charge >= 0.3 is 5.69 Å². The van der Waals surface area contributed by atoms with E-state index in [4.69, 9.17) is 0 Å². The second-order valence-electron chi connectivity index (χ2n) is 4.95. The summed E-state index contributed by atoms with van der Waals surface area (Å²) in [5, 5.41) is 14.4. The third-order valence-electron chi connectivity index (χ3n) is 3.63. The summed E-state index contributed by atoms with van der Waals surface area (Å²) in [7, 11) is 0. The minimum absolute atomic E-state index is 0.0468. The Morgan fingerprint density at radius 3 is 2.52 bits per heavy atom. The molecule has 0 aliphatic carbocycles. The van der Waals surface area contributed by atoms with Gasteiger partial charge in [-0.3, -0.25) is 14.9 Å². The molecule has 1 heterocycles. The Bertz CT molecular complexity index is 539. The number of nitro benzene ring substituents is 1. The van der Waals surface area contributed by atoms with Crippen LogP contribution in [0.5, 0.6) is 0 Å². The van der Waals surface area contributed by atoms with Crippen LogP contribution in [0.2, 0.25) is 0 Å². The van der Waals surface area contributed by atoms with Crippen molar-refractivity contribution in [3.8, 4) is 0 Å². The van der Waals surface area contributed by atoms with Crippen molar-refractivity contribution in [1.29, 1.82) is 0 Å². The Labute approximate surface area is 123 Å². The van der Waals surface area contributed by atoms with Gasteiger partial charge in [-0.1, -0.05) is 6.07 Å². The van der Waals surface area contributed by atoms with Crippen molar-refractivity contribution < 1.29 is 9.72 Å². The van der Waals surface area contributed by atoms with Crippen molar-refractivity contribution in [2.75, 3.05) is 42.9 Å². The zero-order chi connectivity index (χ0) is 15.4. The summed E-state index contributed by atoms with van der Waals surface area (Å²) in [5.41, 5.74) is 1.26. The molecule has 1 aliphatic heterocycles. The van der Waals surface area contributed by atoms with Crippen molar-refractivity contribution >= 4 is 23.0 Å². The van der Waals surface area contributed by atoms with Crippen LogP contribution < -0.4 is 10.2 Å². The van der Waals surface area contributed by atoms with Gasteiger partial charge in [-0.15, -0.1) is 0 Å². The molecule has 0 bridgehead atoms. The number of nitro groups is 1. The number of hydrogen-bond donors (Lipinski definition) is 1. The van der Waals surface area contributed by atoms with Gasteiger partial charge in [0.2, 0.25) is 5.91 Å². The molecular weight excluding hydrogens is 272 g/mol. The molecule has 21 heavy (non-hydrogen) atoms. The average molecular weight is 292 g/mol. The van der Waals surface area contributed by atoms with E-state index in [1.165, 1.54) is 0 Å². The minimum atomic E-state index is -0.343. The van der Waals surface area contributed by atoms with E-state index in [1.54, 1.807) is 24.0 Å². The van der Waals surface area contributed by atoms with Crippen LogP contribution in [0.3, 0.4) is 0 Å². The molecule has 0 spiro atoms. The number of rotatable bonds is 4. The molecule has 0 radical (unpaired) electrons. The minimum Gasteiger partial charge on any atom is -0.380 e. The van der Waals surface area contributed by atoms with Gasteiger partial charge in [-0.05, 0) is 19.1 Å². The summed E-state index contributed by atoms with van der Waals surface area (Å²) >= 11 is 0. The van der Waals surface area contributed by atoms with E-state index in [2.05, 4.69) is 5.32 Å². The topological polar surface area (TPSA) is 78.7 Å². The summed E-state index contributed by atoms with van der Waals surface area (Å²) < 4.78 is 0. The summed E-state index contributed by atoms with van der Waals surface area (Å²) in [4.78, 5) is 26.1. The highest BCUT2D eigenvalue weighted by molar-refractivity contribution is 5.78. The summed E-state index contributed by atoms with van der Waals surface area (Å²) in [6.45, 7) is 6.48. The monoisotopic (exact) mass is 292 g/mol. The Morgan fingerprint density at radius 1 is 1.33 bits per heavy atom. The second kappa shape index (κ2) is 6.43. The highest BCUT2D eigenvalue weighted by atomic mass is 16.6. The molecule has 0 unspecified atom stereocenters. The molecule has 2 rings (SSSR count). The van der Waals surface area contributed by atoms with E-state index in [1.807, 2.05) is 17.9 Å². The number of piperazine rings is 1. The first kappa shape index (κ1) is 15.1. The summed E-state index contributed by atoms with van der Waals surface area (Å²) in [6.07, 6.45) is 0. The maximum Gasteiger partial charge on any atom is 0.315 e. The van der Waals surface area contributed by atoms with Crippen molar-refractivity contribution in [2.45, 2.75) is 13.8 Å². The van der Waals surface area contributed by atoms with E-state index in [0.29, 0.717) is 44.1 Å². The normalized spacial score (nSPS) is 15.0. The Balaban J connectivity index is 2.26. The third-order valence-corrected chi connectivity index (χ3v) is 3.63. The zero-order valence-electron chi connectivity index (χ0n) is 12.3. The third kappa shape index (κ3) is 3.24. The quantitative estimate of drug-likeness (QED) is 0.675. The number of carbonyl (C=O) groups is 1. The van der Waals surface area contributed by atoms with Crippen LogP contribution >= 0.6 is 0 Å². The fraction of sp³-hybridized carbons (Fsp3) is 0.500. The lowest BCUT2D eigenvalue weighted by Crippen LogP contribution is -2.48. The Kier molecular flexibility index (Phi) is 4.62. The van der Waals surface area contributed by atoms with Crippen LogP contribution in [0.25, 0.3) is 0 Å². The number of benzene rings is 1. The number of carbonyl (C=O) groups excluding carboxylic acids is 1. The number of nitrogens with zero attached hydrogens (tertiary/aromatic N) is 3. The van der Waals surface area contributed by atoms with Crippen molar-refractivity contribution in [1.82, 2.24) is 4.90 Å². The molecule has 1 N–H and O–H groups in total. The van der Waals surface area contributed by atoms with E-state index in [0.717, 1.165) is 0 Å². The Hall–Kier alpha value is -2.31. The molecule has 1 saturated heterocycles. The summed E-state index contributed by atoms with van der Waals surface area (Å²) in [6, 6.07) is 5.30. The number of amides is 1. The van der Waals surface area contributed by atoms with Gasteiger partial charge < -0.3 is 15.1 Å². The molecule has 7 heteroatoms. The first-order valence-electron chi connectivity index (χ1n) is 7.06. The Morgan fingerprint density at radius 2 is 2.00 bits per heavy atom. The van der Waals surface area contributed by atoms with E-state index >= 15 is 0 Å². The number of anilines is 2. The fourth-order valence-electron chi connectivity index (χ4n) is 2.57. The van der Waals surface area contributed by atoms with Gasteiger partial charge in [0.05, 0.1) is 4.92 Å². The van der Waals surface area contributed by atoms with E-state index < -0.39 is 0 Å². The van der Waals surface area contributed by atoms with Gasteiger partial charge in [-0.25, -0.2) is 0 Å².